The van der Waals surface area contributed by atoms with Crippen LogP contribution in [0.3, 0.4) is 0 Å². The standard InChI is InChI=1S/C14H11FN5.3CH3.Sn/c1-10(15)5-9-20-14-11(4-2-6-18-14)12(19-20)13-16-7-3-8-17-13;;;;/h2,4-8H,9H2,1H3;3*1H3;/b10-5-;;;;. The number of fused-ring (bicyclic) bond motifs is 1. The molecule has 0 aliphatic rings. The van der Waals surface area contributed by atoms with Crippen LogP contribution in [0.25, 0.3) is 22.6 Å². The van der Waals surface area contributed by atoms with Gasteiger partial charge in [-0.1, -0.05) is 0 Å². The number of halogens is 1. The zero-order chi connectivity index (χ0) is 17.3. The summed E-state index contributed by atoms with van der Waals surface area (Å²) in [6.45, 7) is 1.74. The fraction of sp³-hybridized carbons (Fsp3) is 0.294. The molecular weight excluding hydrogens is 412 g/mol. The average Bonchev–Trinajstić information content (AvgIpc) is 2.91. The maximum absolute atomic E-state index is 13.1. The SMILES string of the molecule is C/C(F)=C/Cn1nc(-c2nc[c]([Sn]([CH3])([CH3])[CH3])cn2)c2cccnc21. The van der Waals surface area contributed by atoms with Crippen molar-refractivity contribution in [1.82, 2.24) is 24.7 Å². The van der Waals surface area contributed by atoms with E-state index in [9.17, 15) is 4.39 Å². The average molecular weight is 432 g/mol. The molecule has 0 aliphatic heterocycles. The second kappa shape index (κ2) is 6.58. The van der Waals surface area contributed by atoms with E-state index in [1.807, 2.05) is 24.5 Å². The van der Waals surface area contributed by atoms with Gasteiger partial charge in [-0.05, 0) is 0 Å². The monoisotopic (exact) mass is 433 g/mol. The zero-order valence-electron chi connectivity index (χ0n) is 14.3. The van der Waals surface area contributed by atoms with Crippen LogP contribution in [0.4, 0.5) is 4.39 Å². The number of aromatic nitrogens is 5. The number of nitrogens with zero attached hydrogens (tertiary/aromatic N) is 5. The molecule has 0 bridgehead atoms. The van der Waals surface area contributed by atoms with Crippen molar-refractivity contribution in [3.63, 3.8) is 0 Å². The number of hydrogen-bond acceptors (Lipinski definition) is 4. The van der Waals surface area contributed by atoms with E-state index in [4.69, 9.17) is 0 Å². The summed E-state index contributed by atoms with van der Waals surface area (Å²) >= 11 is -2.18. The van der Waals surface area contributed by atoms with Crippen LogP contribution in [0.1, 0.15) is 6.92 Å². The fourth-order valence-electron chi connectivity index (χ4n) is 2.35. The van der Waals surface area contributed by atoms with Crippen molar-refractivity contribution in [1.29, 1.82) is 0 Å². The normalized spacial score (nSPS) is 12.8. The molecule has 0 saturated heterocycles. The summed E-state index contributed by atoms with van der Waals surface area (Å²) < 4.78 is 16.0. The third kappa shape index (κ3) is 3.48. The van der Waals surface area contributed by atoms with Crippen molar-refractivity contribution >= 4 is 33.0 Å². The summed E-state index contributed by atoms with van der Waals surface area (Å²) in [7, 11) is 0. The predicted octanol–water partition coefficient (Wildman–Crippen LogP) is 3.31. The molecule has 0 aliphatic carbocycles. The Bertz CT molecular complexity index is 889. The van der Waals surface area contributed by atoms with E-state index in [2.05, 4.69) is 34.9 Å². The summed E-state index contributed by atoms with van der Waals surface area (Å²) in [5, 5.41) is 5.43. The van der Waals surface area contributed by atoms with Gasteiger partial charge in [0.2, 0.25) is 0 Å². The van der Waals surface area contributed by atoms with E-state index < -0.39 is 18.4 Å². The van der Waals surface area contributed by atoms with Crippen LogP contribution < -0.4 is 3.58 Å². The molecule has 0 atom stereocenters. The van der Waals surface area contributed by atoms with Gasteiger partial charge in [-0.25, -0.2) is 0 Å². The first-order valence-electron chi connectivity index (χ1n) is 7.83. The molecule has 7 heteroatoms. The Balaban J connectivity index is 2.08. The van der Waals surface area contributed by atoms with Crippen LogP contribution in [0.5, 0.6) is 0 Å². The van der Waals surface area contributed by atoms with E-state index in [-0.39, 0.29) is 5.83 Å². The minimum absolute atomic E-state index is 0.241. The Morgan fingerprint density at radius 2 is 1.92 bits per heavy atom. The summed E-state index contributed by atoms with van der Waals surface area (Å²) in [5.74, 6) is 0.335. The predicted molar refractivity (Wildman–Crippen MR) is 96.4 cm³/mol. The fourth-order valence-corrected chi connectivity index (χ4v) is 4.93. The first-order valence-corrected chi connectivity index (χ1v) is 17.8. The second-order valence-corrected chi connectivity index (χ2v) is 21.2. The second-order valence-electron chi connectivity index (χ2n) is 6.74. The molecule has 0 amide bonds. The summed E-state index contributed by atoms with van der Waals surface area (Å²) in [4.78, 5) is 20.4. The van der Waals surface area contributed by atoms with E-state index in [1.54, 1.807) is 10.9 Å². The molecule has 0 spiro atoms. The Morgan fingerprint density at radius 3 is 2.54 bits per heavy atom. The number of rotatable bonds is 4. The van der Waals surface area contributed by atoms with E-state index >= 15 is 0 Å². The van der Waals surface area contributed by atoms with Crippen molar-refractivity contribution in [2.24, 2.45) is 0 Å². The Hall–Kier alpha value is -1.83. The van der Waals surface area contributed by atoms with E-state index in [0.29, 0.717) is 23.7 Å². The van der Waals surface area contributed by atoms with E-state index in [1.165, 1.54) is 16.6 Å². The van der Waals surface area contributed by atoms with Crippen molar-refractivity contribution < 1.29 is 4.39 Å². The number of hydrogen-bond donors (Lipinski definition) is 0. The quantitative estimate of drug-likeness (QED) is 0.594. The van der Waals surface area contributed by atoms with Gasteiger partial charge in [0, 0.05) is 0 Å². The Labute approximate surface area is 144 Å². The molecule has 0 N–H and O–H groups in total. The third-order valence-electron chi connectivity index (χ3n) is 3.78. The maximum atomic E-state index is 13.1. The molecule has 3 aromatic rings. The van der Waals surface area contributed by atoms with E-state index in [0.717, 1.165) is 5.39 Å². The van der Waals surface area contributed by atoms with Crippen LogP contribution in [0.15, 0.2) is 42.6 Å². The van der Waals surface area contributed by atoms with Crippen molar-refractivity contribution in [2.45, 2.75) is 28.3 Å². The van der Waals surface area contributed by atoms with Crippen LogP contribution in [-0.4, -0.2) is 43.1 Å². The Kier molecular flexibility index (Phi) is 4.66. The van der Waals surface area contributed by atoms with Crippen LogP contribution in [0.2, 0.25) is 14.8 Å². The van der Waals surface area contributed by atoms with Gasteiger partial charge in [-0.2, -0.15) is 0 Å². The molecular formula is C17H20FN5Sn. The minimum atomic E-state index is -2.18. The van der Waals surface area contributed by atoms with Gasteiger partial charge in [0.15, 0.2) is 0 Å². The van der Waals surface area contributed by atoms with Gasteiger partial charge in [0.1, 0.15) is 0 Å². The molecule has 0 unspecified atom stereocenters. The van der Waals surface area contributed by atoms with Crippen LogP contribution in [-0.2, 0) is 6.54 Å². The molecule has 3 heterocycles. The third-order valence-corrected chi connectivity index (χ3v) is 9.46. The van der Waals surface area contributed by atoms with Gasteiger partial charge in [-0.15, -0.1) is 0 Å². The van der Waals surface area contributed by atoms with Crippen LogP contribution in [0, 0.1) is 0 Å². The molecule has 0 saturated carbocycles. The first-order chi connectivity index (χ1) is 11.4. The number of allylic oxidation sites excluding steroid dienone is 2. The molecule has 0 radical (unpaired) electrons. The van der Waals surface area contributed by atoms with Gasteiger partial charge in [0.05, 0.1) is 0 Å². The van der Waals surface area contributed by atoms with Gasteiger partial charge < -0.3 is 0 Å². The molecule has 3 rings (SSSR count). The molecule has 0 aromatic carbocycles. The van der Waals surface area contributed by atoms with Gasteiger partial charge >= 0.3 is 145 Å². The first kappa shape index (κ1) is 17.0. The summed E-state index contributed by atoms with van der Waals surface area (Å²) in [5.41, 5.74) is 1.38. The molecule has 0 fully saturated rings. The van der Waals surface area contributed by atoms with Crippen molar-refractivity contribution in [3.05, 3.63) is 42.6 Å². The topological polar surface area (TPSA) is 56.5 Å². The van der Waals surface area contributed by atoms with Crippen molar-refractivity contribution in [2.75, 3.05) is 0 Å². The van der Waals surface area contributed by atoms with Gasteiger partial charge in [0.25, 0.3) is 0 Å². The molecule has 124 valence electrons. The van der Waals surface area contributed by atoms with Crippen LogP contribution >= 0.6 is 0 Å². The number of pyridine rings is 1. The molecule has 3 aromatic heterocycles. The summed E-state index contributed by atoms with van der Waals surface area (Å²) in [6.07, 6.45) is 7.02. The Morgan fingerprint density at radius 1 is 1.21 bits per heavy atom. The summed E-state index contributed by atoms with van der Waals surface area (Å²) in [6, 6.07) is 3.79. The zero-order valence-corrected chi connectivity index (χ0v) is 17.1. The van der Waals surface area contributed by atoms with Gasteiger partial charge in [-0.3, -0.25) is 0 Å². The molecule has 24 heavy (non-hydrogen) atoms. The van der Waals surface area contributed by atoms with Crippen molar-refractivity contribution in [3.8, 4) is 11.5 Å². The molecule has 5 nitrogen and oxygen atoms in total.